The highest BCUT2D eigenvalue weighted by Gasteiger charge is 1.91. The lowest BCUT2D eigenvalue weighted by Crippen LogP contribution is -1.98. The fourth-order valence-corrected chi connectivity index (χ4v) is 0.596. The van der Waals surface area contributed by atoms with Gasteiger partial charge >= 0.3 is 0 Å². The second-order valence-electron chi connectivity index (χ2n) is 1.90. The Morgan fingerprint density at radius 3 is 3.00 bits per heavy atom. The van der Waals surface area contributed by atoms with E-state index in [4.69, 9.17) is 0 Å². The van der Waals surface area contributed by atoms with Crippen LogP contribution in [-0.4, -0.2) is 21.6 Å². The number of rotatable bonds is 3. The Bertz CT molecular complexity index is 265. The van der Waals surface area contributed by atoms with Crippen molar-refractivity contribution in [2.45, 2.75) is 6.92 Å². The van der Waals surface area contributed by atoms with Crippen molar-refractivity contribution in [3.8, 4) is 0 Å². The lowest BCUT2D eigenvalue weighted by molar-refractivity contribution is -0.108. The van der Waals surface area contributed by atoms with Crippen LogP contribution in [0.4, 0.5) is 0 Å². The number of amides is 1. The number of hydrogen-bond acceptors (Lipinski definition) is 3. The topological polar surface area (TPSA) is 70.7 Å². The van der Waals surface area contributed by atoms with Gasteiger partial charge in [-0.25, -0.2) is 4.98 Å². The fourth-order valence-electron chi connectivity index (χ4n) is 0.596. The molecule has 5 nitrogen and oxygen atoms in total. The summed E-state index contributed by atoms with van der Waals surface area (Å²) >= 11 is 0. The molecule has 0 radical (unpaired) electrons. The van der Waals surface area contributed by atoms with Gasteiger partial charge in [0.15, 0.2) is 5.82 Å². The van der Waals surface area contributed by atoms with Crippen molar-refractivity contribution in [1.82, 2.24) is 20.5 Å². The van der Waals surface area contributed by atoms with Crippen molar-refractivity contribution in [2.75, 3.05) is 0 Å². The minimum absolute atomic E-state index is 0.553. The Kier molecular flexibility index (Phi) is 2.37. The average molecular weight is 152 g/mol. The summed E-state index contributed by atoms with van der Waals surface area (Å²) < 4.78 is 0. The highest BCUT2D eigenvalue weighted by Crippen LogP contribution is 1.91. The van der Waals surface area contributed by atoms with E-state index >= 15 is 0 Å². The molecule has 0 bridgehead atoms. The van der Waals surface area contributed by atoms with Crippen LogP contribution >= 0.6 is 0 Å². The molecule has 5 heteroatoms. The summed E-state index contributed by atoms with van der Waals surface area (Å²) in [7, 11) is 0. The molecule has 0 atom stereocenters. The molecular formula is C6H8N4O. The molecule has 0 aliphatic heterocycles. The molecule has 0 spiro atoms. The first-order chi connectivity index (χ1) is 5.33. The Hall–Kier alpha value is -1.65. The van der Waals surface area contributed by atoms with Gasteiger partial charge in [0.25, 0.3) is 0 Å². The van der Waals surface area contributed by atoms with Crippen molar-refractivity contribution in [3.05, 3.63) is 17.8 Å². The summed E-state index contributed by atoms with van der Waals surface area (Å²) in [6, 6.07) is 0. The second kappa shape index (κ2) is 3.50. The second-order valence-corrected chi connectivity index (χ2v) is 1.90. The minimum Gasteiger partial charge on any atom is -0.335 e. The monoisotopic (exact) mass is 152 g/mol. The molecule has 0 aromatic carbocycles. The summed E-state index contributed by atoms with van der Waals surface area (Å²) in [5.74, 6) is 1.30. The largest absolute Gasteiger partial charge is 0.335 e. The molecule has 0 saturated carbocycles. The van der Waals surface area contributed by atoms with Gasteiger partial charge < -0.3 is 5.32 Å². The normalized spacial score (nSPS) is 10.3. The van der Waals surface area contributed by atoms with E-state index in [-0.39, 0.29) is 0 Å². The van der Waals surface area contributed by atoms with E-state index in [1.807, 2.05) is 0 Å². The maximum atomic E-state index is 9.79. The average Bonchev–Trinajstić information content (AvgIpc) is 2.37. The SMILES string of the molecule is Cc1nc(/C=C\NC=O)n[nH]1. The Balaban J connectivity index is 2.56. The molecule has 2 N–H and O–H groups in total. The molecule has 58 valence electrons. The Morgan fingerprint density at radius 2 is 2.45 bits per heavy atom. The number of aromatic amines is 1. The van der Waals surface area contributed by atoms with Crippen molar-refractivity contribution in [3.63, 3.8) is 0 Å². The number of nitrogens with zero attached hydrogens (tertiary/aromatic N) is 2. The third-order valence-corrected chi connectivity index (χ3v) is 1.01. The maximum absolute atomic E-state index is 9.79. The zero-order valence-corrected chi connectivity index (χ0v) is 6.03. The van der Waals surface area contributed by atoms with Gasteiger partial charge in [-0.1, -0.05) is 0 Å². The van der Waals surface area contributed by atoms with Gasteiger partial charge in [-0.3, -0.25) is 9.89 Å². The number of aromatic nitrogens is 3. The predicted molar refractivity (Wildman–Crippen MR) is 39.4 cm³/mol. The van der Waals surface area contributed by atoms with Crippen molar-refractivity contribution in [2.24, 2.45) is 0 Å². The van der Waals surface area contributed by atoms with Crippen LogP contribution in [-0.2, 0) is 4.79 Å². The molecule has 11 heavy (non-hydrogen) atoms. The highest BCUT2D eigenvalue weighted by atomic mass is 16.1. The summed E-state index contributed by atoms with van der Waals surface area (Å²) in [4.78, 5) is 13.8. The number of aryl methyl sites for hydroxylation is 1. The van der Waals surface area contributed by atoms with E-state index in [2.05, 4.69) is 20.5 Å². The first-order valence-corrected chi connectivity index (χ1v) is 3.08. The third kappa shape index (κ3) is 2.21. The molecule has 1 heterocycles. The molecule has 1 rings (SSSR count). The van der Waals surface area contributed by atoms with Gasteiger partial charge in [0.1, 0.15) is 5.82 Å². The van der Waals surface area contributed by atoms with E-state index < -0.39 is 0 Å². The Morgan fingerprint density at radius 1 is 1.64 bits per heavy atom. The van der Waals surface area contributed by atoms with E-state index in [1.54, 1.807) is 13.0 Å². The van der Waals surface area contributed by atoms with Gasteiger partial charge in [-0.15, -0.1) is 0 Å². The molecule has 1 aromatic rings. The van der Waals surface area contributed by atoms with E-state index in [1.165, 1.54) is 6.20 Å². The van der Waals surface area contributed by atoms with E-state index in [0.717, 1.165) is 5.82 Å². The van der Waals surface area contributed by atoms with Gasteiger partial charge in [0, 0.05) is 12.3 Å². The molecule has 0 aliphatic rings. The van der Waals surface area contributed by atoms with Crippen LogP contribution in [0, 0.1) is 6.92 Å². The van der Waals surface area contributed by atoms with Crippen LogP contribution in [0.15, 0.2) is 6.20 Å². The van der Waals surface area contributed by atoms with E-state index in [0.29, 0.717) is 12.2 Å². The predicted octanol–water partition coefficient (Wildman–Crippen LogP) is -0.170. The smallest absolute Gasteiger partial charge is 0.211 e. The Labute approximate surface area is 63.5 Å². The van der Waals surface area contributed by atoms with Crippen LogP contribution in [0.25, 0.3) is 6.08 Å². The standard InChI is InChI=1S/C6H8N4O/c1-5-8-6(10-9-5)2-3-7-4-11/h2-4H,1H3,(H,7,11)(H,8,9,10)/b3-2-. The molecule has 0 unspecified atom stereocenters. The summed E-state index contributed by atoms with van der Waals surface area (Å²) in [5.41, 5.74) is 0. The first-order valence-electron chi connectivity index (χ1n) is 3.08. The lowest BCUT2D eigenvalue weighted by atomic mass is 10.6. The zero-order valence-electron chi connectivity index (χ0n) is 6.03. The van der Waals surface area contributed by atoms with Crippen molar-refractivity contribution < 1.29 is 4.79 Å². The number of carbonyl (C=O) groups excluding carboxylic acids is 1. The number of hydrogen-bond donors (Lipinski definition) is 2. The van der Waals surface area contributed by atoms with Crippen LogP contribution in [0.1, 0.15) is 11.6 Å². The first kappa shape index (κ1) is 7.46. The van der Waals surface area contributed by atoms with Gasteiger partial charge in [-0.2, -0.15) is 5.10 Å². The van der Waals surface area contributed by atoms with Gasteiger partial charge in [-0.05, 0) is 6.92 Å². The summed E-state index contributed by atoms with van der Waals surface area (Å²) in [6.07, 6.45) is 3.64. The molecular weight excluding hydrogens is 144 g/mol. The molecule has 0 saturated heterocycles. The van der Waals surface area contributed by atoms with Gasteiger partial charge in [0.05, 0.1) is 0 Å². The molecule has 1 aromatic heterocycles. The van der Waals surface area contributed by atoms with Crippen molar-refractivity contribution >= 4 is 12.5 Å². The van der Waals surface area contributed by atoms with Crippen LogP contribution in [0.5, 0.6) is 0 Å². The quantitative estimate of drug-likeness (QED) is 0.591. The number of H-pyrrole nitrogens is 1. The fraction of sp³-hybridized carbons (Fsp3) is 0.167. The molecule has 0 aliphatic carbocycles. The van der Waals surface area contributed by atoms with E-state index in [9.17, 15) is 4.79 Å². The third-order valence-electron chi connectivity index (χ3n) is 1.01. The summed E-state index contributed by atoms with van der Waals surface area (Å²) in [5, 5.41) is 8.83. The van der Waals surface area contributed by atoms with Crippen LogP contribution < -0.4 is 5.32 Å². The summed E-state index contributed by atoms with van der Waals surface area (Å²) in [6.45, 7) is 1.80. The highest BCUT2D eigenvalue weighted by molar-refractivity contribution is 5.51. The van der Waals surface area contributed by atoms with Crippen LogP contribution in [0.3, 0.4) is 0 Å². The zero-order chi connectivity index (χ0) is 8.10. The number of carbonyl (C=O) groups is 1. The van der Waals surface area contributed by atoms with Crippen LogP contribution in [0.2, 0.25) is 0 Å². The van der Waals surface area contributed by atoms with Crippen molar-refractivity contribution in [1.29, 1.82) is 0 Å². The molecule has 1 amide bonds. The minimum atomic E-state index is 0.553. The lowest BCUT2D eigenvalue weighted by Gasteiger charge is -1.80. The van der Waals surface area contributed by atoms with Gasteiger partial charge in [0.2, 0.25) is 6.41 Å². The molecule has 0 fully saturated rings. The number of nitrogens with one attached hydrogen (secondary N) is 2. The maximum Gasteiger partial charge on any atom is 0.211 e.